The summed E-state index contributed by atoms with van der Waals surface area (Å²) < 4.78 is 27.4. The van der Waals surface area contributed by atoms with Crippen molar-refractivity contribution >= 4 is 36.7 Å². The van der Waals surface area contributed by atoms with Gasteiger partial charge in [-0.3, -0.25) is 0 Å². The Kier molecular flexibility index (Phi) is 2.73. The van der Waals surface area contributed by atoms with E-state index >= 15 is 0 Å². The maximum absolute atomic E-state index is 12.1. The van der Waals surface area contributed by atoms with E-state index in [0.29, 0.717) is 4.90 Å². The van der Waals surface area contributed by atoms with Crippen LogP contribution in [0, 0.1) is 0 Å². The molecule has 0 saturated carbocycles. The van der Waals surface area contributed by atoms with Gasteiger partial charge in [-0.2, -0.15) is 0 Å². The van der Waals surface area contributed by atoms with Gasteiger partial charge in [0.15, 0.2) is 0 Å². The van der Waals surface area contributed by atoms with Crippen molar-refractivity contribution in [2.24, 2.45) is 0 Å². The summed E-state index contributed by atoms with van der Waals surface area (Å²) in [5.74, 6) is 0. The monoisotopic (exact) mass is 325 g/mol. The molecule has 3 nitrogen and oxygen atoms in total. The zero-order valence-corrected chi connectivity index (χ0v) is 12.2. The largest absolute Gasteiger partial charge is 0.240 e. The Morgan fingerprint density at radius 1 is 1.28 bits per heavy atom. The number of sulfonamides is 1. The molecule has 1 N–H and O–H groups in total. The van der Waals surface area contributed by atoms with Gasteiger partial charge < -0.3 is 0 Å². The molecule has 2 aromatic carbocycles. The quantitative estimate of drug-likeness (QED) is 0.922. The Morgan fingerprint density at radius 3 is 2.78 bits per heavy atom. The molecule has 0 fully saturated rings. The van der Waals surface area contributed by atoms with E-state index in [2.05, 4.69) is 26.7 Å². The van der Waals surface area contributed by atoms with Gasteiger partial charge in [-0.25, -0.2) is 13.1 Å². The summed E-state index contributed by atoms with van der Waals surface area (Å²) in [5.41, 5.74) is 2.18. The van der Waals surface area contributed by atoms with Crippen LogP contribution in [0.1, 0.15) is 11.1 Å². The second-order valence-corrected chi connectivity index (χ2v) is 7.09. The number of benzene rings is 2. The summed E-state index contributed by atoms with van der Waals surface area (Å²) in [4.78, 5) is 0.398. The van der Waals surface area contributed by atoms with Crippen LogP contribution >= 0.6 is 15.9 Å². The number of hydrogen-bond acceptors (Lipinski definition) is 2. The van der Waals surface area contributed by atoms with Gasteiger partial charge in [-0.05, 0) is 47.9 Å². The molecule has 0 radical (unpaired) electrons. The minimum absolute atomic E-state index is 0.398. The summed E-state index contributed by atoms with van der Waals surface area (Å²) in [6.45, 7) is 0. The number of halogens is 1. The van der Waals surface area contributed by atoms with Crippen LogP contribution in [0.3, 0.4) is 0 Å². The molecule has 3 rings (SSSR count). The van der Waals surface area contributed by atoms with Crippen molar-refractivity contribution in [2.75, 3.05) is 7.05 Å². The van der Waals surface area contributed by atoms with Gasteiger partial charge in [0, 0.05) is 4.47 Å². The molecule has 0 bridgehead atoms. The summed E-state index contributed by atoms with van der Waals surface area (Å²) in [6, 6.07) is 7.82. The second-order valence-electron chi connectivity index (χ2n) is 4.38. The fraction of sp³-hybridized carbons (Fsp3) is 0.231. The maximum Gasteiger partial charge on any atom is 0.240 e. The third kappa shape index (κ3) is 1.61. The first kappa shape index (κ1) is 12.1. The predicted octanol–water partition coefficient (Wildman–Crippen LogP) is 2.61. The smallest absolute Gasteiger partial charge is 0.214 e. The van der Waals surface area contributed by atoms with Crippen molar-refractivity contribution in [3.8, 4) is 0 Å². The molecule has 0 unspecified atom stereocenters. The lowest BCUT2D eigenvalue weighted by atomic mass is 10.1. The van der Waals surface area contributed by atoms with Crippen LogP contribution < -0.4 is 4.72 Å². The lowest BCUT2D eigenvalue weighted by Gasteiger charge is -2.11. The molecule has 1 aliphatic rings. The van der Waals surface area contributed by atoms with E-state index in [1.54, 1.807) is 6.07 Å². The summed E-state index contributed by atoms with van der Waals surface area (Å²) in [5, 5.41) is 2.19. The molecule has 0 aromatic heterocycles. The minimum Gasteiger partial charge on any atom is -0.214 e. The highest BCUT2D eigenvalue weighted by Gasteiger charge is 2.25. The van der Waals surface area contributed by atoms with E-state index in [9.17, 15) is 8.42 Å². The molecular weight excluding hydrogens is 314 g/mol. The normalized spacial score (nSPS) is 14.3. The number of rotatable bonds is 2. The van der Waals surface area contributed by atoms with Gasteiger partial charge in [0.1, 0.15) is 0 Å². The lowest BCUT2D eigenvalue weighted by Crippen LogP contribution is -2.20. The van der Waals surface area contributed by atoms with Crippen LogP contribution in [-0.2, 0) is 22.9 Å². The molecule has 1 aliphatic carbocycles. The Labute approximate surface area is 114 Å². The molecule has 0 heterocycles. The summed E-state index contributed by atoms with van der Waals surface area (Å²) in [6.07, 6.45) is 1.70. The van der Waals surface area contributed by atoms with Crippen molar-refractivity contribution in [1.82, 2.24) is 4.72 Å². The molecule has 5 heteroatoms. The molecule has 94 valence electrons. The topological polar surface area (TPSA) is 46.2 Å². The zero-order valence-electron chi connectivity index (χ0n) is 9.83. The standard InChI is InChI=1S/C13H12BrNO2S/c1-15-18(16,17)12-7-11(14)9-4-2-3-8-5-6-10(12)13(8)9/h2-4,7,15H,5-6H2,1H3. The molecule has 2 aromatic rings. The molecule has 0 amide bonds. The van der Waals surface area contributed by atoms with Crippen molar-refractivity contribution in [3.63, 3.8) is 0 Å². The van der Waals surface area contributed by atoms with Crippen LogP contribution in [0.4, 0.5) is 0 Å². The number of aryl methyl sites for hydroxylation is 2. The van der Waals surface area contributed by atoms with Gasteiger partial charge in [0.25, 0.3) is 0 Å². The van der Waals surface area contributed by atoms with Gasteiger partial charge in [-0.15, -0.1) is 0 Å². The SMILES string of the molecule is CNS(=O)(=O)c1cc(Br)c2cccc3c2c1CC3. The molecule has 18 heavy (non-hydrogen) atoms. The lowest BCUT2D eigenvalue weighted by molar-refractivity contribution is 0.587. The van der Waals surface area contributed by atoms with Crippen molar-refractivity contribution < 1.29 is 8.42 Å². The first-order valence-corrected chi connectivity index (χ1v) is 7.99. The molecule has 0 spiro atoms. The average molecular weight is 326 g/mol. The van der Waals surface area contributed by atoms with Gasteiger partial charge in [0.05, 0.1) is 4.90 Å². The highest BCUT2D eigenvalue weighted by Crippen LogP contribution is 2.38. The van der Waals surface area contributed by atoms with E-state index in [1.807, 2.05) is 12.1 Å². The third-order valence-corrected chi connectivity index (χ3v) is 5.60. The first-order chi connectivity index (χ1) is 8.54. The van der Waals surface area contributed by atoms with Crippen LogP contribution in [0.25, 0.3) is 10.8 Å². The van der Waals surface area contributed by atoms with E-state index in [-0.39, 0.29) is 0 Å². The van der Waals surface area contributed by atoms with E-state index < -0.39 is 10.0 Å². The Hall–Kier alpha value is -0.910. The zero-order chi connectivity index (χ0) is 12.9. The van der Waals surface area contributed by atoms with Crippen molar-refractivity contribution in [3.05, 3.63) is 39.9 Å². The number of hydrogen-bond donors (Lipinski definition) is 1. The fourth-order valence-corrected chi connectivity index (χ4v) is 4.36. The van der Waals surface area contributed by atoms with Gasteiger partial charge >= 0.3 is 0 Å². The molecule has 0 aliphatic heterocycles. The van der Waals surface area contributed by atoms with Crippen LogP contribution in [-0.4, -0.2) is 15.5 Å². The average Bonchev–Trinajstić information content (AvgIpc) is 2.78. The number of nitrogens with one attached hydrogen (secondary N) is 1. The minimum atomic E-state index is -3.40. The van der Waals surface area contributed by atoms with Crippen molar-refractivity contribution in [1.29, 1.82) is 0 Å². The van der Waals surface area contributed by atoms with Gasteiger partial charge in [0.2, 0.25) is 10.0 Å². The predicted molar refractivity (Wildman–Crippen MR) is 75.3 cm³/mol. The second kappa shape index (κ2) is 4.05. The molecule has 0 saturated heterocycles. The highest BCUT2D eigenvalue weighted by atomic mass is 79.9. The van der Waals surface area contributed by atoms with E-state index in [0.717, 1.165) is 33.7 Å². The Balaban J connectivity index is 2.47. The molecule has 0 atom stereocenters. The summed E-state index contributed by atoms with van der Waals surface area (Å²) in [7, 11) is -1.96. The van der Waals surface area contributed by atoms with Crippen molar-refractivity contribution in [2.45, 2.75) is 17.7 Å². The Bertz CT molecular complexity index is 753. The van der Waals surface area contributed by atoms with Gasteiger partial charge in [-0.1, -0.05) is 34.1 Å². The first-order valence-electron chi connectivity index (χ1n) is 5.71. The van der Waals surface area contributed by atoms with E-state index in [1.165, 1.54) is 12.6 Å². The van der Waals surface area contributed by atoms with Crippen LogP contribution in [0.15, 0.2) is 33.6 Å². The van der Waals surface area contributed by atoms with Crippen LogP contribution in [0.5, 0.6) is 0 Å². The Morgan fingerprint density at radius 2 is 2.06 bits per heavy atom. The summed E-state index contributed by atoms with van der Waals surface area (Å²) >= 11 is 3.47. The fourth-order valence-electron chi connectivity index (χ4n) is 2.62. The highest BCUT2D eigenvalue weighted by molar-refractivity contribution is 9.10. The van der Waals surface area contributed by atoms with Crippen LogP contribution in [0.2, 0.25) is 0 Å². The maximum atomic E-state index is 12.1. The molecular formula is C13H12BrNO2S. The third-order valence-electron chi connectivity index (χ3n) is 3.47. The van der Waals surface area contributed by atoms with E-state index in [4.69, 9.17) is 0 Å².